The van der Waals surface area contributed by atoms with E-state index in [1.165, 1.54) is 17.5 Å². The molecule has 3 atom stereocenters. The van der Waals surface area contributed by atoms with E-state index in [4.69, 9.17) is 0 Å². The normalized spacial score (nSPS) is 30.8. The third-order valence-electron chi connectivity index (χ3n) is 3.61. The minimum absolute atomic E-state index is 0.121. The number of rotatable bonds is 2. The van der Waals surface area contributed by atoms with E-state index in [1.54, 1.807) is 24.2 Å². The molecule has 0 saturated carbocycles. The quantitative estimate of drug-likeness (QED) is 0.773. The van der Waals surface area contributed by atoms with Gasteiger partial charge in [0.05, 0.1) is 6.20 Å². The predicted molar refractivity (Wildman–Crippen MR) is 66.3 cm³/mol. The van der Waals surface area contributed by atoms with Crippen molar-refractivity contribution in [1.29, 1.82) is 0 Å². The van der Waals surface area contributed by atoms with Crippen LogP contribution in [0, 0.1) is 0 Å². The summed E-state index contributed by atoms with van der Waals surface area (Å²) in [6.07, 6.45) is 8.91. The fourth-order valence-electron chi connectivity index (χ4n) is 2.73. The van der Waals surface area contributed by atoms with Gasteiger partial charge >= 0.3 is 6.03 Å². The second-order valence-electron chi connectivity index (χ2n) is 4.66. The molecule has 5 nitrogen and oxygen atoms in total. The molecule has 2 aliphatic heterocycles. The highest BCUT2D eigenvalue weighted by atomic mass is 32.2. The standard InChI is InChI=1S/C11H16N4OS/c1-17-8-5-12-15(6-8)11(16)14-10-4-7-2-3-9(10)13-7/h5-7,9-10,13H,2-4H2,1H3,(H,14,16). The second kappa shape index (κ2) is 4.34. The summed E-state index contributed by atoms with van der Waals surface area (Å²) in [5.74, 6) is 0. The van der Waals surface area contributed by atoms with Crippen molar-refractivity contribution in [1.82, 2.24) is 20.4 Å². The molecule has 92 valence electrons. The first kappa shape index (κ1) is 11.1. The Morgan fingerprint density at radius 2 is 2.53 bits per heavy atom. The van der Waals surface area contributed by atoms with Crippen LogP contribution in [0.2, 0.25) is 0 Å². The Hall–Kier alpha value is -1.01. The topological polar surface area (TPSA) is 59.0 Å². The summed E-state index contributed by atoms with van der Waals surface area (Å²) in [5.41, 5.74) is 0. The van der Waals surface area contributed by atoms with E-state index in [2.05, 4.69) is 15.7 Å². The van der Waals surface area contributed by atoms with Gasteiger partial charge in [0, 0.05) is 29.2 Å². The minimum Gasteiger partial charge on any atom is -0.332 e. The number of nitrogens with zero attached hydrogens (tertiary/aromatic N) is 2. The summed E-state index contributed by atoms with van der Waals surface area (Å²) in [4.78, 5) is 13.0. The van der Waals surface area contributed by atoms with Crippen LogP contribution in [0.3, 0.4) is 0 Å². The maximum absolute atomic E-state index is 12.0. The number of aromatic nitrogens is 2. The van der Waals surface area contributed by atoms with Gasteiger partial charge in [0.15, 0.2) is 0 Å². The molecule has 2 aliphatic rings. The molecule has 2 saturated heterocycles. The highest BCUT2D eigenvalue weighted by Gasteiger charge is 2.39. The van der Waals surface area contributed by atoms with E-state index in [0.29, 0.717) is 12.1 Å². The summed E-state index contributed by atoms with van der Waals surface area (Å²) >= 11 is 1.59. The van der Waals surface area contributed by atoms with Crippen molar-refractivity contribution in [2.24, 2.45) is 0 Å². The van der Waals surface area contributed by atoms with Crippen molar-refractivity contribution in [3.8, 4) is 0 Å². The summed E-state index contributed by atoms with van der Waals surface area (Å²) in [5, 5.41) is 10.6. The first-order valence-electron chi connectivity index (χ1n) is 5.92. The van der Waals surface area contributed by atoms with E-state index in [9.17, 15) is 4.79 Å². The average Bonchev–Trinajstić information content (AvgIpc) is 3.04. The van der Waals surface area contributed by atoms with Gasteiger partial charge in [-0.2, -0.15) is 9.78 Å². The van der Waals surface area contributed by atoms with Gasteiger partial charge in [0.25, 0.3) is 0 Å². The minimum atomic E-state index is -0.121. The van der Waals surface area contributed by atoms with Gasteiger partial charge in [0.2, 0.25) is 0 Å². The van der Waals surface area contributed by atoms with Crippen LogP contribution in [0.5, 0.6) is 0 Å². The zero-order chi connectivity index (χ0) is 11.8. The molecule has 0 spiro atoms. The van der Waals surface area contributed by atoms with E-state index < -0.39 is 0 Å². The Kier molecular flexibility index (Phi) is 2.84. The first-order valence-corrected chi connectivity index (χ1v) is 7.14. The molecule has 1 aromatic heterocycles. The molecule has 2 bridgehead atoms. The molecule has 0 radical (unpaired) electrons. The average molecular weight is 252 g/mol. The van der Waals surface area contributed by atoms with Crippen LogP contribution in [0.1, 0.15) is 19.3 Å². The number of hydrogen-bond donors (Lipinski definition) is 2. The maximum Gasteiger partial charge on any atom is 0.342 e. The van der Waals surface area contributed by atoms with Gasteiger partial charge in [-0.15, -0.1) is 11.8 Å². The Bertz CT molecular complexity index is 433. The lowest BCUT2D eigenvalue weighted by Crippen LogP contribution is -2.44. The number of amides is 1. The molecule has 2 N–H and O–H groups in total. The number of carbonyl (C=O) groups is 1. The third-order valence-corrected chi connectivity index (χ3v) is 4.29. The highest BCUT2D eigenvalue weighted by molar-refractivity contribution is 7.98. The summed E-state index contributed by atoms with van der Waals surface area (Å²) in [6.45, 7) is 0. The molecular formula is C11H16N4OS. The van der Waals surface area contributed by atoms with Crippen LogP contribution in [-0.2, 0) is 0 Å². The lowest BCUT2D eigenvalue weighted by molar-refractivity contribution is 0.233. The van der Waals surface area contributed by atoms with Crippen LogP contribution >= 0.6 is 11.8 Å². The van der Waals surface area contributed by atoms with E-state index >= 15 is 0 Å². The number of carbonyl (C=O) groups excluding carboxylic acids is 1. The number of hydrogen-bond acceptors (Lipinski definition) is 4. The highest BCUT2D eigenvalue weighted by Crippen LogP contribution is 2.28. The Labute approximate surface area is 104 Å². The van der Waals surface area contributed by atoms with Crippen molar-refractivity contribution >= 4 is 17.8 Å². The fourth-order valence-corrected chi connectivity index (χ4v) is 3.09. The van der Waals surface area contributed by atoms with Crippen molar-refractivity contribution in [3.63, 3.8) is 0 Å². The van der Waals surface area contributed by atoms with Gasteiger partial charge in [-0.05, 0) is 25.5 Å². The Balaban J connectivity index is 1.63. The smallest absolute Gasteiger partial charge is 0.332 e. The summed E-state index contributed by atoms with van der Waals surface area (Å²) < 4.78 is 1.39. The zero-order valence-electron chi connectivity index (χ0n) is 9.72. The van der Waals surface area contributed by atoms with Crippen molar-refractivity contribution in [3.05, 3.63) is 12.4 Å². The molecule has 3 heterocycles. The summed E-state index contributed by atoms with van der Waals surface area (Å²) in [6, 6.07) is 1.21. The molecule has 2 fully saturated rings. The second-order valence-corrected chi connectivity index (χ2v) is 5.54. The van der Waals surface area contributed by atoms with Gasteiger partial charge in [-0.25, -0.2) is 4.79 Å². The monoisotopic (exact) mass is 252 g/mol. The zero-order valence-corrected chi connectivity index (χ0v) is 10.5. The van der Waals surface area contributed by atoms with Gasteiger partial charge in [-0.3, -0.25) is 0 Å². The van der Waals surface area contributed by atoms with Crippen LogP contribution in [0.25, 0.3) is 0 Å². The summed E-state index contributed by atoms with van der Waals surface area (Å²) in [7, 11) is 0. The van der Waals surface area contributed by atoms with Gasteiger partial charge in [-0.1, -0.05) is 0 Å². The molecule has 1 amide bonds. The van der Waals surface area contributed by atoms with E-state index in [1.807, 2.05) is 6.26 Å². The largest absolute Gasteiger partial charge is 0.342 e. The molecule has 6 heteroatoms. The third kappa shape index (κ3) is 2.07. The van der Waals surface area contributed by atoms with E-state index in [0.717, 1.165) is 11.3 Å². The van der Waals surface area contributed by atoms with Crippen molar-refractivity contribution in [2.75, 3.05) is 6.26 Å². The van der Waals surface area contributed by atoms with Crippen molar-refractivity contribution < 1.29 is 4.79 Å². The molecule has 3 unspecified atom stereocenters. The SMILES string of the molecule is CSc1cnn(C(=O)NC2CC3CCC2N3)c1. The fraction of sp³-hybridized carbons (Fsp3) is 0.636. The Morgan fingerprint density at radius 1 is 1.65 bits per heavy atom. The molecule has 0 aromatic carbocycles. The number of nitrogens with one attached hydrogen (secondary N) is 2. The maximum atomic E-state index is 12.0. The van der Waals surface area contributed by atoms with Gasteiger partial charge in [0.1, 0.15) is 0 Å². The predicted octanol–water partition coefficient (Wildman–Crippen LogP) is 1.06. The van der Waals surface area contributed by atoms with Crippen LogP contribution in [-0.4, -0.2) is 40.2 Å². The lowest BCUT2D eigenvalue weighted by Gasteiger charge is -2.21. The Morgan fingerprint density at radius 3 is 3.12 bits per heavy atom. The van der Waals surface area contributed by atoms with E-state index in [-0.39, 0.29) is 12.1 Å². The molecule has 1 aromatic rings. The number of fused-ring (bicyclic) bond motifs is 2. The number of thioether (sulfide) groups is 1. The lowest BCUT2D eigenvalue weighted by atomic mass is 9.96. The van der Waals surface area contributed by atoms with Crippen LogP contribution < -0.4 is 10.6 Å². The molecule has 0 aliphatic carbocycles. The van der Waals surface area contributed by atoms with Gasteiger partial charge < -0.3 is 10.6 Å². The first-order chi connectivity index (χ1) is 8.26. The molecular weight excluding hydrogens is 236 g/mol. The van der Waals surface area contributed by atoms with Crippen LogP contribution in [0.4, 0.5) is 4.79 Å². The molecule has 3 rings (SSSR count). The van der Waals surface area contributed by atoms with Crippen LogP contribution in [0.15, 0.2) is 17.3 Å². The molecule has 17 heavy (non-hydrogen) atoms. The van der Waals surface area contributed by atoms with Crippen molar-refractivity contribution in [2.45, 2.75) is 42.3 Å².